The number of rotatable bonds is 14. The molecule has 7 rings (SSSR count). The first-order chi connectivity index (χ1) is 26.1. The quantitative estimate of drug-likeness (QED) is 0.0822. The smallest absolute Gasteiger partial charge is 0.341 e. The van der Waals surface area contributed by atoms with E-state index < -0.39 is 11.5 Å². The molecule has 7 aromatic rings. The normalized spacial score (nSPS) is 11.3. The monoisotopic (exact) mass is 699 g/mol. The fraction of sp³-hybridized carbons (Fsp3) is 0.182. The van der Waals surface area contributed by atoms with Crippen LogP contribution in [0, 0.1) is 0 Å². The maximum absolute atomic E-state index is 12.2. The molecule has 2 aromatic heterocycles. The van der Waals surface area contributed by atoms with Gasteiger partial charge < -0.3 is 9.64 Å². The molecule has 0 aliphatic rings. The lowest BCUT2D eigenvalue weighted by Gasteiger charge is -2.36. The number of ether oxygens (including phenoxy) is 1. The van der Waals surface area contributed by atoms with Crippen LogP contribution < -0.4 is 4.90 Å². The van der Waals surface area contributed by atoms with E-state index in [4.69, 9.17) is 15.0 Å². The van der Waals surface area contributed by atoms with Gasteiger partial charge in [-0.2, -0.15) is 0 Å². The van der Waals surface area contributed by atoms with E-state index in [1.54, 1.807) is 6.92 Å². The Hall–Kier alpha value is -6.48. The summed E-state index contributed by atoms with van der Waals surface area (Å²) >= 11 is 0. The number of esters is 1. The lowest BCUT2D eigenvalue weighted by Crippen LogP contribution is -2.39. The van der Waals surface area contributed by atoms with E-state index in [-0.39, 0.29) is 0 Å². The first-order valence-corrected chi connectivity index (χ1v) is 18.0. The van der Waals surface area contributed by atoms with Gasteiger partial charge in [-0.05, 0) is 57.2 Å². The summed E-state index contributed by atoms with van der Waals surface area (Å²) in [7, 11) is 0. The summed E-state index contributed by atoms with van der Waals surface area (Å²) in [5.74, 6) is 0.803. The predicted molar refractivity (Wildman–Crippen MR) is 207 cm³/mol. The molecule has 9 heteroatoms. The highest BCUT2D eigenvalue weighted by atomic mass is 16.5. The zero-order chi connectivity index (χ0) is 36.5. The van der Waals surface area contributed by atoms with Gasteiger partial charge in [-0.25, -0.2) is 19.4 Å². The average molecular weight is 700 g/mol. The fourth-order valence-electron chi connectivity index (χ4n) is 6.83. The molecule has 0 aliphatic heterocycles. The number of hydrogen-bond acceptors (Lipinski definition) is 8. The van der Waals surface area contributed by atoms with Gasteiger partial charge in [0.1, 0.15) is 5.54 Å². The van der Waals surface area contributed by atoms with E-state index in [0.29, 0.717) is 30.5 Å². The van der Waals surface area contributed by atoms with Gasteiger partial charge in [0.15, 0.2) is 5.82 Å². The Morgan fingerprint density at radius 1 is 0.698 bits per heavy atom. The molecule has 0 fully saturated rings. The molecule has 9 nitrogen and oxygen atoms in total. The number of carbonyl (C=O) groups is 1. The van der Waals surface area contributed by atoms with Crippen LogP contribution in [0.25, 0.3) is 22.5 Å². The summed E-state index contributed by atoms with van der Waals surface area (Å²) in [6, 6.07) is 48.1. The topological polar surface area (TPSA) is 98.9 Å². The number of aromatic nitrogens is 6. The van der Waals surface area contributed by atoms with Gasteiger partial charge in [0, 0.05) is 31.0 Å². The van der Waals surface area contributed by atoms with Gasteiger partial charge >= 0.3 is 5.97 Å². The molecule has 0 amide bonds. The summed E-state index contributed by atoms with van der Waals surface area (Å²) in [6.45, 7) is 5.65. The van der Waals surface area contributed by atoms with Gasteiger partial charge in [-0.3, -0.25) is 0 Å². The molecule has 264 valence electrons. The highest BCUT2D eigenvalue weighted by molar-refractivity contribution is 5.88. The zero-order valence-corrected chi connectivity index (χ0v) is 29.9. The number of tetrazole rings is 1. The first-order valence-electron chi connectivity index (χ1n) is 18.0. The largest absolute Gasteiger partial charge is 0.462 e. The van der Waals surface area contributed by atoms with Crippen LogP contribution in [0.15, 0.2) is 152 Å². The van der Waals surface area contributed by atoms with Crippen molar-refractivity contribution < 1.29 is 9.53 Å². The van der Waals surface area contributed by atoms with Crippen molar-refractivity contribution >= 4 is 11.9 Å². The third-order valence-corrected chi connectivity index (χ3v) is 9.38. The lowest BCUT2D eigenvalue weighted by molar-refractivity contribution is 0.0525. The van der Waals surface area contributed by atoms with E-state index in [0.717, 1.165) is 58.3 Å². The second kappa shape index (κ2) is 16.2. The number of unbranched alkanes of at least 4 members (excludes halogenated alkanes) is 1. The van der Waals surface area contributed by atoms with E-state index >= 15 is 0 Å². The van der Waals surface area contributed by atoms with Crippen molar-refractivity contribution in [3.05, 3.63) is 180 Å². The van der Waals surface area contributed by atoms with Crippen LogP contribution in [-0.2, 0) is 16.8 Å². The Morgan fingerprint density at radius 2 is 1.25 bits per heavy atom. The van der Waals surface area contributed by atoms with E-state index in [9.17, 15) is 4.79 Å². The molecule has 0 radical (unpaired) electrons. The average Bonchev–Trinajstić information content (AvgIpc) is 3.71. The highest BCUT2D eigenvalue weighted by Gasteiger charge is 2.42. The van der Waals surface area contributed by atoms with Crippen molar-refractivity contribution in [2.45, 2.75) is 38.8 Å². The number of hydrogen-bond donors (Lipinski definition) is 0. The summed E-state index contributed by atoms with van der Waals surface area (Å²) in [6.07, 6.45) is 5.09. The maximum atomic E-state index is 12.2. The summed E-state index contributed by atoms with van der Waals surface area (Å²) < 4.78 is 7.08. The Bertz CT molecular complexity index is 2130. The van der Waals surface area contributed by atoms with Crippen LogP contribution in [0.3, 0.4) is 0 Å². The predicted octanol–water partition coefficient (Wildman–Crippen LogP) is 8.62. The van der Waals surface area contributed by atoms with Crippen LogP contribution >= 0.6 is 0 Å². The fourth-order valence-corrected chi connectivity index (χ4v) is 6.83. The molecule has 0 unspecified atom stereocenters. The van der Waals surface area contributed by atoms with E-state index in [2.05, 4.69) is 136 Å². The Balaban J connectivity index is 1.26. The van der Waals surface area contributed by atoms with Gasteiger partial charge in [0.25, 0.3) is 0 Å². The van der Waals surface area contributed by atoms with Gasteiger partial charge in [0.05, 0.1) is 12.2 Å². The molecule has 5 aromatic carbocycles. The van der Waals surface area contributed by atoms with Gasteiger partial charge in [-0.15, -0.1) is 5.10 Å². The number of anilines is 1. The van der Waals surface area contributed by atoms with Crippen molar-refractivity contribution in [1.29, 1.82) is 0 Å². The third-order valence-electron chi connectivity index (χ3n) is 9.38. The summed E-state index contributed by atoms with van der Waals surface area (Å²) in [5, 5.41) is 13.8. The minimum atomic E-state index is -0.863. The molecule has 53 heavy (non-hydrogen) atoms. The Morgan fingerprint density at radius 3 is 1.79 bits per heavy atom. The second-order valence-corrected chi connectivity index (χ2v) is 12.7. The lowest BCUT2D eigenvalue weighted by atomic mass is 9.77. The molecule has 0 spiro atoms. The molecular weight excluding hydrogens is 659 g/mol. The SMILES string of the molecule is CCCCN(Cc1ccc(-c2ccccc2-c2nnnn2C(c2ccccc2)(c2ccccc2)c2ccccc2)cc1)c1ncc(C(=O)OCC)cn1. The van der Waals surface area contributed by atoms with Crippen molar-refractivity contribution in [2.75, 3.05) is 18.1 Å². The first kappa shape index (κ1) is 34.9. The number of nitrogens with zero attached hydrogens (tertiary/aromatic N) is 7. The Labute approximate surface area is 310 Å². The standard InChI is InChI=1S/C44H41N7O2/c1-3-5-29-50(43-45-30-35(31-46-43)42(52)53-4-2)32-33-25-27-34(28-26-33)39-23-15-16-24-40(39)41-47-48-49-51(41)44(36-17-9-6-10-18-36,37-19-11-7-12-20-37)38-21-13-8-14-22-38/h6-28,30-31H,3-5,29,32H2,1-2H3. The molecule has 0 saturated heterocycles. The van der Waals surface area contributed by atoms with E-state index in [1.807, 2.05) is 35.0 Å². The van der Waals surface area contributed by atoms with Crippen molar-refractivity contribution in [2.24, 2.45) is 0 Å². The molecule has 0 bridgehead atoms. The summed E-state index contributed by atoms with van der Waals surface area (Å²) in [5.41, 5.74) is 6.68. The third kappa shape index (κ3) is 7.19. The van der Waals surface area contributed by atoms with Crippen LogP contribution in [0.5, 0.6) is 0 Å². The van der Waals surface area contributed by atoms with Crippen LogP contribution in [0.1, 0.15) is 59.3 Å². The zero-order valence-electron chi connectivity index (χ0n) is 29.9. The van der Waals surface area contributed by atoms with Crippen LogP contribution in [0.4, 0.5) is 5.95 Å². The molecular formula is C44H41N7O2. The van der Waals surface area contributed by atoms with E-state index in [1.165, 1.54) is 12.4 Å². The minimum Gasteiger partial charge on any atom is -0.462 e. The van der Waals surface area contributed by atoms with Crippen LogP contribution in [-0.4, -0.2) is 49.3 Å². The number of carbonyl (C=O) groups excluding carboxylic acids is 1. The minimum absolute atomic E-state index is 0.302. The van der Waals surface area contributed by atoms with Crippen LogP contribution in [0.2, 0.25) is 0 Å². The Kier molecular flexibility index (Phi) is 10.7. The molecule has 2 heterocycles. The maximum Gasteiger partial charge on any atom is 0.341 e. The van der Waals surface area contributed by atoms with Crippen molar-refractivity contribution in [1.82, 2.24) is 30.2 Å². The van der Waals surface area contributed by atoms with Crippen molar-refractivity contribution in [3.63, 3.8) is 0 Å². The highest BCUT2D eigenvalue weighted by Crippen LogP contribution is 2.43. The molecule has 0 aliphatic carbocycles. The van der Waals surface area contributed by atoms with Crippen molar-refractivity contribution in [3.8, 4) is 22.5 Å². The molecule has 0 N–H and O–H groups in total. The molecule has 0 atom stereocenters. The molecule has 0 saturated carbocycles. The van der Waals surface area contributed by atoms with Gasteiger partial charge in [-0.1, -0.05) is 153 Å². The summed E-state index contributed by atoms with van der Waals surface area (Å²) in [4.78, 5) is 23.4. The van der Waals surface area contributed by atoms with Gasteiger partial charge in [0.2, 0.25) is 5.95 Å². The number of benzene rings is 5. The second-order valence-electron chi connectivity index (χ2n) is 12.7.